The molecule has 0 aliphatic carbocycles. The zero-order chi connectivity index (χ0) is 20.4. The van der Waals surface area contributed by atoms with E-state index in [0.717, 1.165) is 32.4 Å². The molecule has 7 nitrogen and oxygen atoms in total. The van der Waals surface area contributed by atoms with Crippen LogP contribution in [0.4, 0.5) is 6.01 Å². The lowest BCUT2D eigenvalue weighted by atomic mass is 9.97. The number of rotatable bonds is 5. The smallest absolute Gasteiger partial charge is 0.299 e. The van der Waals surface area contributed by atoms with Gasteiger partial charge in [0.15, 0.2) is 5.58 Å². The van der Waals surface area contributed by atoms with Crippen molar-refractivity contribution in [2.24, 2.45) is 0 Å². The number of aromatic nitrogens is 1. The molecule has 2 N–H and O–H groups in total. The van der Waals surface area contributed by atoms with Crippen molar-refractivity contribution in [3.63, 3.8) is 0 Å². The number of oxazole rings is 1. The molecule has 2 aromatic rings. The van der Waals surface area contributed by atoms with Crippen molar-refractivity contribution < 1.29 is 14.3 Å². The highest BCUT2D eigenvalue weighted by molar-refractivity contribution is 5.85. The first-order chi connectivity index (χ1) is 14.0. The van der Waals surface area contributed by atoms with Gasteiger partial charge in [-0.2, -0.15) is 4.98 Å². The largest absolute Gasteiger partial charge is 0.508 e. The molecule has 0 bridgehead atoms. The quantitative estimate of drug-likeness (QED) is 0.802. The van der Waals surface area contributed by atoms with Crippen molar-refractivity contribution in [1.82, 2.24) is 15.2 Å². The molecule has 2 fully saturated rings. The van der Waals surface area contributed by atoms with Crippen LogP contribution >= 0.6 is 0 Å². The highest BCUT2D eigenvalue weighted by Crippen LogP contribution is 2.29. The number of nitrogens with zero attached hydrogens (tertiary/aromatic N) is 3. The summed E-state index contributed by atoms with van der Waals surface area (Å²) < 4.78 is 5.86. The first kappa shape index (κ1) is 20.0. The molecule has 0 spiro atoms. The van der Waals surface area contributed by atoms with Crippen molar-refractivity contribution in [1.29, 1.82) is 0 Å². The predicted octanol–water partition coefficient (Wildman–Crippen LogP) is 3.27. The summed E-state index contributed by atoms with van der Waals surface area (Å²) in [6, 6.07) is 6.25. The second-order valence-electron chi connectivity index (χ2n) is 8.51. The number of phenolic OH excluding ortho intramolecular Hbond substituents is 1. The second-order valence-corrected chi connectivity index (χ2v) is 8.51. The number of aromatic hydroxyl groups is 1. The van der Waals surface area contributed by atoms with Crippen LogP contribution in [0.3, 0.4) is 0 Å². The zero-order valence-electron chi connectivity index (χ0n) is 17.4. The van der Waals surface area contributed by atoms with E-state index in [9.17, 15) is 9.90 Å². The van der Waals surface area contributed by atoms with Gasteiger partial charge >= 0.3 is 0 Å². The molecule has 158 valence electrons. The van der Waals surface area contributed by atoms with Gasteiger partial charge in [-0.3, -0.25) is 9.69 Å². The lowest BCUT2D eigenvalue weighted by Gasteiger charge is -2.39. The standard InChI is InChI=1S/C22H32N4O3/c1-15-6-5-7-16(2)25(15)13-11-23-21(28)19-8-3-4-12-26(19)22-24-18-10-9-17(27)14-20(18)29-22/h9-10,14-16,19,27H,3-8,11-13H2,1-2H3,(H,23,28)/t15-,16+,19?. The van der Waals surface area contributed by atoms with Crippen LogP contribution in [0.5, 0.6) is 5.75 Å². The summed E-state index contributed by atoms with van der Waals surface area (Å²) in [4.78, 5) is 22.0. The summed E-state index contributed by atoms with van der Waals surface area (Å²) in [6.45, 7) is 6.87. The lowest BCUT2D eigenvalue weighted by Crippen LogP contribution is -2.52. The van der Waals surface area contributed by atoms with Gasteiger partial charge in [-0.25, -0.2) is 0 Å². The van der Waals surface area contributed by atoms with Crippen LogP contribution < -0.4 is 10.2 Å². The molecule has 2 aliphatic rings. The number of benzene rings is 1. The molecule has 1 amide bonds. The molecular weight excluding hydrogens is 368 g/mol. The Kier molecular flexibility index (Phi) is 5.94. The summed E-state index contributed by atoms with van der Waals surface area (Å²) in [7, 11) is 0. The number of hydrogen-bond donors (Lipinski definition) is 2. The maximum atomic E-state index is 13.0. The number of carbonyl (C=O) groups is 1. The molecule has 0 saturated carbocycles. The maximum absolute atomic E-state index is 13.0. The number of fused-ring (bicyclic) bond motifs is 1. The van der Waals surface area contributed by atoms with Crippen LogP contribution in [-0.2, 0) is 4.79 Å². The van der Waals surface area contributed by atoms with E-state index >= 15 is 0 Å². The third-order valence-electron chi connectivity index (χ3n) is 6.46. The lowest BCUT2D eigenvalue weighted by molar-refractivity contribution is -0.123. The van der Waals surface area contributed by atoms with Gasteiger partial charge in [0.05, 0.1) is 0 Å². The number of phenols is 1. The summed E-state index contributed by atoms with van der Waals surface area (Å²) in [5.74, 6) is 0.196. The Morgan fingerprint density at radius 3 is 2.79 bits per heavy atom. The van der Waals surface area contributed by atoms with Crippen molar-refractivity contribution in [3.05, 3.63) is 18.2 Å². The van der Waals surface area contributed by atoms with Gasteiger partial charge < -0.3 is 19.7 Å². The Bertz CT molecular complexity index is 842. The molecule has 4 rings (SSSR count). The fraction of sp³-hybridized carbons (Fsp3) is 0.636. The average molecular weight is 401 g/mol. The fourth-order valence-corrected chi connectivity index (χ4v) is 4.80. The maximum Gasteiger partial charge on any atom is 0.299 e. The Hall–Kier alpha value is -2.28. The third kappa shape index (κ3) is 4.34. The van der Waals surface area contributed by atoms with Crippen LogP contribution in [0.15, 0.2) is 22.6 Å². The summed E-state index contributed by atoms with van der Waals surface area (Å²) >= 11 is 0. The number of amides is 1. The third-order valence-corrected chi connectivity index (χ3v) is 6.46. The van der Waals surface area contributed by atoms with Crippen molar-refractivity contribution >= 4 is 23.0 Å². The van der Waals surface area contributed by atoms with E-state index in [1.807, 2.05) is 4.90 Å². The number of nitrogens with one attached hydrogen (secondary N) is 1. The van der Waals surface area contributed by atoms with Crippen LogP contribution in [0.25, 0.3) is 11.1 Å². The Balaban J connectivity index is 1.40. The highest BCUT2D eigenvalue weighted by Gasteiger charge is 2.32. The number of hydrogen-bond acceptors (Lipinski definition) is 6. The van der Waals surface area contributed by atoms with Crippen LogP contribution in [0, 0.1) is 0 Å². The monoisotopic (exact) mass is 400 g/mol. The normalized spacial score (nSPS) is 26.0. The van der Waals surface area contributed by atoms with Gasteiger partial charge in [-0.05, 0) is 58.1 Å². The van der Waals surface area contributed by atoms with Gasteiger partial charge in [0, 0.05) is 37.8 Å². The molecule has 7 heteroatoms. The number of piperidine rings is 2. The molecule has 3 atom stereocenters. The Labute approximate surface area is 172 Å². The van der Waals surface area contributed by atoms with Crippen LogP contribution in [0.1, 0.15) is 52.4 Å². The van der Waals surface area contributed by atoms with Crippen molar-refractivity contribution in [2.45, 2.75) is 70.5 Å². The molecular formula is C22H32N4O3. The molecule has 1 aromatic heterocycles. The van der Waals surface area contributed by atoms with E-state index in [2.05, 4.69) is 29.0 Å². The summed E-state index contributed by atoms with van der Waals surface area (Å²) in [6.07, 6.45) is 6.60. The molecule has 1 aromatic carbocycles. The molecule has 29 heavy (non-hydrogen) atoms. The minimum absolute atomic E-state index is 0.0483. The SMILES string of the molecule is C[C@@H]1CCC[C@H](C)N1CCNC(=O)C1CCCCN1c1nc2ccc(O)cc2o1. The van der Waals surface area contributed by atoms with E-state index in [-0.39, 0.29) is 17.7 Å². The first-order valence-corrected chi connectivity index (χ1v) is 10.9. The van der Waals surface area contributed by atoms with Crippen molar-refractivity contribution in [3.8, 4) is 5.75 Å². The minimum Gasteiger partial charge on any atom is -0.508 e. The Morgan fingerprint density at radius 2 is 2.00 bits per heavy atom. The average Bonchev–Trinajstić information content (AvgIpc) is 3.13. The molecule has 3 heterocycles. The van der Waals surface area contributed by atoms with E-state index in [4.69, 9.17) is 4.42 Å². The van der Waals surface area contributed by atoms with Crippen LogP contribution in [-0.4, -0.2) is 58.7 Å². The molecule has 1 unspecified atom stereocenters. The number of anilines is 1. The zero-order valence-corrected chi connectivity index (χ0v) is 17.4. The van der Waals surface area contributed by atoms with Gasteiger partial charge in [-0.15, -0.1) is 0 Å². The first-order valence-electron chi connectivity index (χ1n) is 10.9. The number of carbonyl (C=O) groups excluding carboxylic acids is 1. The Morgan fingerprint density at radius 1 is 1.21 bits per heavy atom. The van der Waals surface area contributed by atoms with E-state index in [1.165, 1.54) is 19.3 Å². The van der Waals surface area contributed by atoms with E-state index in [1.54, 1.807) is 18.2 Å². The predicted molar refractivity (Wildman–Crippen MR) is 113 cm³/mol. The summed E-state index contributed by atoms with van der Waals surface area (Å²) in [5, 5.41) is 12.8. The number of likely N-dealkylation sites (tertiary alicyclic amines) is 1. The molecule has 0 radical (unpaired) electrons. The fourth-order valence-electron chi connectivity index (χ4n) is 4.80. The second kappa shape index (κ2) is 8.61. The van der Waals surface area contributed by atoms with Gasteiger partial charge in [0.25, 0.3) is 6.01 Å². The van der Waals surface area contributed by atoms with E-state index < -0.39 is 0 Å². The van der Waals surface area contributed by atoms with Gasteiger partial charge in [-0.1, -0.05) is 6.42 Å². The van der Waals surface area contributed by atoms with E-state index in [0.29, 0.717) is 35.7 Å². The topological polar surface area (TPSA) is 81.8 Å². The highest BCUT2D eigenvalue weighted by atomic mass is 16.4. The van der Waals surface area contributed by atoms with Crippen molar-refractivity contribution in [2.75, 3.05) is 24.5 Å². The van der Waals surface area contributed by atoms with Gasteiger partial charge in [0.2, 0.25) is 5.91 Å². The van der Waals surface area contributed by atoms with Gasteiger partial charge in [0.1, 0.15) is 17.3 Å². The van der Waals surface area contributed by atoms with Crippen LogP contribution in [0.2, 0.25) is 0 Å². The summed E-state index contributed by atoms with van der Waals surface area (Å²) in [5.41, 5.74) is 1.23. The minimum atomic E-state index is -0.262. The molecule has 2 saturated heterocycles. The molecule has 2 aliphatic heterocycles.